The van der Waals surface area contributed by atoms with Crippen molar-refractivity contribution in [3.63, 3.8) is 0 Å². The molecule has 0 fully saturated rings. The minimum Gasteiger partial charge on any atom is -0.363 e. The lowest BCUT2D eigenvalue weighted by Crippen LogP contribution is -2.07. The van der Waals surface area contributed by atoms with E-state index in [1.54, 1.807) is 24.6 Å². The minimum atomic E-state index is -1.01. The molecule has 0 spiro atoms. The normalized spacial score (nSPS) is 13.2. The van der Waals surface area contributed by atoms with Gasteiger partial charge in [-0.05, 0) is 25.1 Å². The van der Waals surface area contributed by atoms with E-state index < -0.39 is 12.1 Å². The zero-order valence-corrected chi connectivity index (χ0v) is 10.3. The summed E-state index contributed by atoms with van der Waals surface area (Å²) in [7, 11) is 1.77. The van der Waals surface area contributed by atoms with Crippen molar-refractivity contribution >= 4 is 22.5 Å². The topological polar surface area (TPSA) is 34.4 Å². The molecule has 0 saturated heterocycles. The zero-order chi connectivity index (χ0) is 12.6. The second-order valence-corrected chi connectivity index (χ2v) is 4.17. The van der Waals surface area contributed by atoms with Gasteiger partial charge in [0, 0.05) is 24.6 Å². The molecule has 2 aromatic rings. The van der Waals surface area contributed by atoms with Gasteiger partial charge in [-0.15, -0.1) is 0 Å². The highest BCUT2D eigenvalue weighted by atomic mass is 35.5. The lowest BCUT2D eigenvalue weighted by molar-refractivity contribution is -0.102. The Balaban J connectivity index is 2.56. The molecule has 0 aliphatic carbocycles. The van der Waals surface area contributed by atoms with E-state index in [1.165, 1.54) is 12.1 Å². The molecule has 2 rings (SSSR count). The number of ether oxygens (including phenoxy) is 1. The molecule has 1 aromatic heterocycles. The minimum absolute atomic E-state index is 0.0659. The number of nitrogens with zero attached hydrogens (tertiary/aromatic N) is 1. The van der Waals surface area contributed by atoms with Crippen LogP contribution in [-0.2, 0) is 11.8 Å². The number of hydrogen-bond acceptors (Lipinski definition) is 2. The fraction of sp³-hybridized carbons (Fsp3) is 0.333. The van der Waals surface area contributed by atoms with Crippen LogP contribution in [0.1, 0.15) is 18.9 Å². The molecular formula is C12H13ClFNO2. The first kappa shape index (κ1) is 12.4. The Labute approximate surface area is 103 Å². The van der Waals surface area contributed by atoms with Gasteiger partial charge >= 0.3 is 0 Å². The van der Waals surface area contributed by atoms with Crippen LogP contribution in [0.25, 0.3) is 10.9 Å². The van der Waals surface area contributed by atoms with Gasteiger partial charge in [0.2, 0.25) is 0 Å². The number of benzene rings is 1. The van der Waals surface area contributed by atoms with E-state index in [-0.39, 0.29) is 5.02 Å². The fourth-order valence-electron chi connectivity index (χ4n) is 1.83. The van der Waals surface area contributed by atoms with Crippen LogP contribution in [0.4, 0.5) is 4.39 Å². The molecule has 1 unspecified atom stereocenters. The van der Waals surface area contributed by atoms with Crippen molar-refractivity contribution < 1.29 is 14.2 Å². The largest absolute Gasteiger partial charge is 0.363 e. The number of aromatic nitrogens is 1. The number of fused-ring (bicyclic) bond motifs is 1. The molecule has 0 aliphatic rings. The molecule has 5 heteroatoms. The third kappa shape index (κ3) is 2.16. The summed E-state index contributed by atoms with van der Waals surface area (Å²) in [4.78, 5) is 0. The first-order valence-corrected chi connectivity index (χ1v) is 5.66. The van der Waals surface area contributed by atoms with Crippen molar-refractivity contribution in [1.82, 2.24) is 4.57 Å². The van der Waals surface area contributed by atoms with E-state index in [9.17, 15) is 9.50 Å². The molecule has 1 heterocycles. The lowest BCUT2D eigenvalue weighted by Gasteiger charge is -2.11. The molecule has 1 atom stereocenters. The molecule has 1 aromatic carbocycles. The Morgan fingerprint density at radius 2 is 2.18 bits per heavy atom. The van der Waals surface area contributed by atoms with Gasteiger partial charge < -0.3 is 14.4 Å². The maximum atomic E-state index is 13.3. The summed E-state index contributed by atoms with van der Waals surface area (Å²) < 4.78 is 20.1. The summed E-state index contributed by atoms with van der Waals surface area (Å²) in [6.45, 7) is 2.19. The molecule has 0 amide bonds. The highest BCUT2D eigenvalue weighted by molar-refractivity contribution is 6.31. The maximum absolute atomic E-state index is 13.3. The number of aryl methyl sites for hydroxylation is 1. The van der Waals surface area contributed by atoms with Crippen molar-refractivity contribution in [2.24, 2.45) is 7.05 Å². The Bertz CT molecular complexity index is 553. The van der Waals surface area contributed by atoms with E-state index >= 15 is 0 Å². The van der Waals surface area contributed by atoms with Crippen molar-refractivity contribution in [2.45, 2.75) is 13.2 Å². The third-order valence-electron chi connectivity index (χ3n) is 2.70. The maximum Gasteiger partial charge on any atom is 0.196 e. The summed E-state index contributed by atoms with van der Waals surface area (Å²) >= 11 is 5.73. The Kier molecular flexibility index (Phi) is 3.38. The van der Waals surface area contributed by atoms with Crippen molar-refractivity contribution in [3.05, 3.63) is 34.7 Å². The van der Waals surface area contributed by atoms with Gasteiger partial charge in [-0.2, -0.15) is 0 Å². The summed E-state index contributed by atoms with van der Waals surface area (Å²) in [5, 5.41) is 10.5. The first-order chi connectivity index (χ1) is 8.04. The lowest BCUT2D eigenvalue weighted by atomic mass is 10.2. The van der Waals surface area contributed by atoms with Crippen LogP contribution >= 0.6 is 11.6 Å². The number of aliphatic hydroxyl groups is 1. The third-order valence-corrected chi connectivity index (χ3v) is 2.99. The molecule has 17 heavy (non-hydrogen) atoms. The van der Waals surface area contributed by atoms with Gasteiger partial charge in [0.15, 0.2) is 6.29 Å². The van der Waals surface area contributed by atoms with Crippen molar-refractivity contribution in [1.29, 1.82) is 0 Å². The molecular weight excluding hydrogens is 245 g/mol. The average Bonchev–Trinajstić information content (AvgIpc) is 2.58. The molecule has 0 radical (unpaired) electrons. The van der Waals surface area contributed by atoms with Gasteiger partial charge in [0.05, 0.1) is 10.7 Å². The molecule has 3 nitrogen and oxygen atoms in total. The van der Waals surface area contributed by atoms with Gasteiger partial charge in [-0.25, -0.2) is 4.39 Å². The number of hydrogen-bond donors (Lipinski definition) is 1. The summed E-state index contributed by atoms with van der Waals surface area (Å²) in [5.74, 6) is -0.470. The van der Waals surface area contributed by atoms with Gasteiger partial charge in [-0.3, -0.25) is 0 Å². The van der Waals surface area contributed by atoms with E-state index in [4.69, 9.17) is 16.3 Å². The van der Waals surface area contributed by atoms with Crippen LogP contribution < -0.4 is 0 Å². The van der Waals surface area contributed by atoms with Gasteiger partial charge in [0.1, 0.15) is 5.82 Å². The zero-order valence-electron chi connectivity index (χ0n) is 9.58. The van der Waals surface area contributed by atoms with Crippen LogP contribution in [0.2, 0.25) is 5.02 Å². The molecule has 0 bridgehead atoms. The predicted molar refractivity (Wildman–Crippen MR) is 64.5 cm³/mol. The van der Waals surface area contributed by atoms with Crippen LogP contribution in [0.15, 0.2) is 18.2 Å². The highest BCUT2D eigenvalue weighted by Gasteiger charge is 2.15. The van der Waals surface area contributed by atoms with Gasteiger partial charge in [0.25, 0.3) is 0 Å². The monoisotopic (exact) mass is 257 g/mol. The predicted octanol–water partition coefficient (Wildman–Crippen LogP) is 3.00. The fourth-order valence-corrected chi connectivity index (χ4v) is 1.99. The van der Waals surface area contributed by atoms with E-state index in [1.807, 2.05) is 0 Å². The quantitative estimate of drug-likeness (QED) is 0.858. The SMILES string of the molecule is CCOC(O)c1cc2cc(F)c(Cl)cc2n1C. The second kappa shape index (κ2) is 4.64. The van der Waals surface area contributed by atoms with Crippen LogP contribution in [0.3, 0.4) is 0 Å². The van der Waals surface area contributed by atoms with Crippen LogP contribution in [0, 0.1) is 5.82 Å². The van der Waals surface area contributed by atoms with E-state index in [2.05, 4.69) is 0 Å². The summed E-state index contributed by atoms with van der Waals surface area (Å²) in [5.41, 5.74) is 1.33. The van der Waals surface area contributed by atoms with Gasteiger partial charge in [-0.1, -0.05) is 11.6 Å². The highest BCUT2D eigenvalue weighted by Crippen LogP contribution is 2.28. The average molecular weight is 258 g/mol. The molecule has 0 aliphatic heterocycles. The molecule has 92 valence electrons. The number of aliphatic hydroxyl groups excluding tert-OH is 1. The molecule has 0 saturated carbocycles. The van der Waals surface area contributed by atoms with E-state index in [0.717, 1.165) is 5.52 Å². The Morgan fingerprint density at radius 1 is 1.47 bits per heavy atom. The van der Waals surface area contributed by atoms with Crippen LogP contribution in [-0.4, -0.2) is 16.3 Å². The van der Waals surface area contributed by atoms with Crippen LogP contribution in [0.5, 0.6) is 0 Å². The first-order valence-electron chi connectivity index (χ1n) is 5.28. The van der Waals surface area contributed by atoms with Crippen molar-refractivity contribution in [3.8, 4) is 0 Å². The van der Waals surface area contributed by atoms with E-state index in [0.29, 0.717) is 17.7 Å². The Hall–Kier alpha value is -1.10. The standard InChI is InChI=1S/C12H13ClFNO2/c1-3-17-12(16)11-5-7-4-9(14)8(13)6-10(7)15(11)2/h4-6,12,16H,3H2,1-2H3. The number of rotatable bonds is 3. The molecule has 1 N–H and O–H groups in total. The smallest absolute Gasteiger partial charge is 0.196 e. The summed E-state index contributed by atoms with van der Waals surface area (Å²) in [6, 6.07) is 4.57. The Morgan fingerprint density at radius 3 is 2.82 bits per heavy atom. The number of halogens is 2. The van der Waals surface area contributed by atoms with Crippen molar-refractivity contribution in [2.75, 3.05) is 6.61 Å². The summed E-state index contributed by atoms with van der Waals surface area (Å²) in [6.07, 6.45) is -1.01. The second-order valence-electron chi connectivity index (χ2n) is 3.76.